The van der Waals surface area contributed by atoms with E-state index in [4.69, 9.17) is 11.6 Å². The maximum atomic E-state index is 14.0. The lowest BCUT2D eigenvalue weighted by Gasteiger charge is -2.35. The Bertz CT molecular complexity index is 1320. The number of fused-ring (bicyclic) bond motifs is 3. The number of hydrogen-bond donors (Lipinski definition) is 5. The molecule has 2 amide bonds. The average molecular weight is 570 g/mol. The fourth-order valence-electron chi connectivity index (χ4n) is 6.38. The molecule has 1 aliphatic carbocycles. The molecule has 9 nitrogen and oxygen atoms in total. The zero-order chi connectivity index (χ0) is 28.4. The molecule has 2 aliphatic rings. The highest BCUT2D eigenvalue weighted by Crippen LogP contribution is 2.34. The summed E-state index contributed by atoms with van der Waals surface area (Å²) in [6.07, 6.45) is 8.01. The number of aliphatic hydroxyl groups excluding tert-OH is 2. The van der Waals surface area contributed by atoms with Gasteiger partial charge in [0.25, 0.3) is 5.91 Å². The maximum absolute atomic E-state index is 14.0. The van der Waals surface area contributed by atoms with Gasteiger partial charge in [0.05, 0.1) is 24.2 Å². The Morgan fingerprint density at radius 2 is 2.00 bits per heavy atom. The molecule has 4 unspecified atom stereocenters. The quantitative estimate of drug-likeness (QED) is 0.234. The van der Waals surface area contributed by atoms with Gasteiger partial charge in [-0.15, -0.1) is 0 Å². The molecule has 1 aromatic carbocycles. The molecule has 4 atom stereocenters. The van der Waals surface area contributed by atoms with Crippen LogP contribution in [0.5, 0.6) is 0 Å². The van der Waals surface area contributed by atoms with Gasteiger partial charge in [0.1, 0.15) is 17.8 Å². The normalized spacial score (nSPS) is 19.1. The Hall–Kier alpha value is -2.88. The molecule has 5 N–H and O–H groups in total. The Morgan fingerprint density at radius 1 is 1.23 bits per heavy atom. The fraction of sp³-hybridized carbons (Fsp3) is 0.567. The van der Waals surface area contributed by atoms with Gasteiger partial charge in [-0.2, -0.15) is 0 Å². The number of nitrogens with one attached hydrogen (secondary N) is 3. The number of nitrogens with zero attached hydrogens (tertiary/aromatic N) is 2. The summed E-state index contributed by atoms with van der Waals surface area (Å²) in [5, 5.41) is 26.6. The largest absolute Gasteiger partial charge is 0.390 e. The van der Waals surface area contributed by atoms with Crippen LogP contribution in [-0.2, 0) is 17.8 Å². The van der Waals surface area contributed by atoms with Gasteiger partial charge in [-0.1, -0.05) is 57.6 Å². The smallest absolute Gasteiger partial charge is 0.271 e. The zero-order valence-corrected chi connectivity index (χ0v) is 24.0. The second-order valence-electron chi connectivity index (χ2n) is 11.9. The monoisotopic (exact) mass is 569 g/mol. The minimum atomic E-state index is -1.10. The summed E-state index contributed by atoms with van der Waals surface area (Å²) in [7, 11) is 0. The van der Waals surface area contributed by atoms with E-state index in [0.717, 1.165) is 42.1 Å². The highest BCUT2D eigenvalue weighted by atomic mass is 35.5. The molecule has 10 heteroatoms. The fourth-order valence-corrected chi connectivity index (χ4v) is 6.56. The summed E-state index contributed by atoms with van der Waals surface area (Å²) >= 11 is 6.25. The van der Waals surface area contributed by atoms with Crippen LogP contribution in [0.3, 0.4) is 0 Å². The molecule has 40 heavy (non-hydrogen) atoms. The first-order valence-corrected chi connectivity index (χ1v) is 14.8. The summed E-state index contributed by atoms with van der Waals surface area (Å²) in [6, 6.07) is 3.98. The standard InChI is InChI=1S/C30H40ClN5O4/c1-17(2)10-26(37)28(38)24(11-18-6-4-3-5-7-18)35-29(39)25(13-20-14-32-16-33-20)36-15-22-21-12-19(31)8-9-23(21)34-27(22)30(36)40/h8-9,12,14,16-18,24-26,28,34,37-38H,3-7,10-11,13,15H2,1-2H3,(H,32,33)(H,35,39). The van der Waals surface area contributed by atoms with Gasteiger partial charge in [-0.25, -0.2) is 4.98 Å². The highest BCUT2D eigenvalue weighted by molar-refractivity contribution is 6.31. The third-order valence-electron chi connectivity index (χ3n) is 8.47. The molecular weight excluding hydrogens is 530 g/mol. The average Bonchev–Trinajstić information content (AvgIpc) is 3.64. The van der Waals surface area contributed by atoms with Crippen LogP contribution in [0.4, 0.5) is 0 Å². The van der Waals surface area contributed by atoms with E-state index in [-0.39, 0.29) is 30.7 Å². The number of H-pyrrole nitrogens is 2. The molecule has 0 spiro atoms. The van der Waals surface area contributed by atoms with Crippen LogP contribution >= 0.6 is 11.6 Å². The second-order valence-corrected chi connectivity index (χ2v) is 12.4. The van der Waals surface area contributed by atoms with Crippen molar-refractivity contribution in [3.8, 4) is 0 Å². The number of rotatable bonds is 11. The van der Waals surface area contributed by atoms with Crippen molar-refractivity contribution >= 4 is 34.3 Å². The SMILES string of the molecule is CC(C)CC(O)C(O)C(CC1CCCCC1)NC(=O)C(Cc1c[nH]cn1)N1Cc2c([nH]c3ccc(Cl)cc23)C1=O. The van der Waals surface area contributed by atoms with Crippen LogP contribution in [0.2, 0.25) is 5.02 Å². The lowest BCUT2D eigenvalue weighted by atomic mass is 9.82. The molecule has 3 heterocycles. The van der Waals surface area contributed by atoms with E-state index >= 15 is 0 Å². The van der Waals surface area contributed by atoms with Crippen LogP contribution in [-0.4, -0.2) is 66.2 Å². The Labute approximate surface area is 239 Å². The summed E-state index contributed by atoms with van der Waals surface area (Å²) in [4.78, 5) is 39.7. The van der Waals surface area contributed by atoms with Gasteiger partial charge in [0.15, 0.2) is 0 Å². The number of halogens is 1. The minimum absolute atomic E-state index is 0.197. The molecule has 1 fully saturated rings. The van der Waals surface area contributed by atoms with Gasteiger partial charge in [0, 0.05) is 40.7 Å². The van der Waals surface area contributed by atoms with E-state index in [9.17, 15) is 19.8 Å². The minimum Gasteiger partial charge on any atom is -0.390 e. The summed E-state index contributed by atoms with van der Waals surface area (Å²) in [6.45, 7) is 4.24. The maximum Gasteiger partial charge on any atom is 0.271 e. The van der Waals surface area contributed by atoms with E-state index in [2.05, 4.69) is 20.3 Å². The van der Waals surface area contributed by atoms with Crippen molar-refractivity contribution in [2.75, 3.05) is 0 Å². The van der Waals surface area contributed by atoms with Gasteiger partial charge >= 0.3 is 0 Å². The molecule has 0 saturated heterocycles. The molecule has 3 aromatic rings. The van der Waals surface area contributed by atoms with Crippen LogP contribution in [0.25, 0.3) is 10.9 Å². The first-order chi connectivity index (χ1) is 19.2. The van der Waals surface area contributed by atoms with Gasteiger partial charge < -0.3 is 30.4 Å². The lowest BCUT2D eigenvalue weighted by molar-refractivity contribution is -0.128. The predicted octanol–water partition coefficient (Wildman–Crippen LogP) is 4.33. The Morgan fingerprint density at radius 3 is 2.70 bits per heavy atom. The predicted molar refractivity (Wildman–Crippen MR) is 154 cm³/mol. The Kier molecular flexibility index (Phi) is 8.83. The number of imidazole rings is 1. The van der Waals surface area contributed by atoms with E-state index in [1.54, 1.807) is 23.5 Å². The number of carbonyl (C=O) groups excluding carboxylic acids is 2. The first-order valence-electron chi connectivity index (χ1n) is 14.5. The van der Waals surface area contributed by atoms with Crippen LogP contribution < -0.4 is 5.32 Å². The molecule has 216 valence electrons. The van der Waals surface area contributed by atoms with Crippen molar-refractivity contribution in [3.63, 3.8) is 0 Å². The highest BCUT2D eigenvalue weighted by Gasteiger charge is 2.41. The van der Waals surface area contributed by atoms with Crippen molar-refractivity contribution in [2.24, 2.45) is 11.8 Å². The number of aliphatic hydroxyl groups is 2. The number of amides is 2. The third-order valence-corrected chi connectivity index (χ3v) is 8.70. The van der Waals surface area contributed by atoms with Crippen LogP contribution in [0, 0.1) is 11.8 Å². The van der Waals surface area contributed by atoms with Crippen molar-refractivity contribution < 1.29 is 19.8 Å². The second kappa shape index (κ2) is 12.3. The van der Waals surface area contributed by atoms with Crippen molar-refractivity contribution in [3.05, 3.63) is 52.7 Å². The van der Waals surface area contributed by atoms with Gasteiger partial charge in [-0.3, -0.25) is 9.59 Å². The summed E-state index contributed by atoms with van der Waals surface area (Å²) < 4.78 is 0. The molecule has 5 rings (SSSR count). The molecule has 2 aromatic heterocycles. The molecule has 1 saturated carbocycles. The van der Waals surface area contributed by atoms with Gasteiger partial charge in [0.2, 0.25) is 5.91 Å². The summed E-state index contributed by atoms with van der Waals surface area (Å²) in [5.41, 5.74) is 2.75. The zero-order valence-electron chi connectivity index (χ0n) is 23.2. The molecule has 1 aliphatic heterocycles. The summed E-state index contributed by atoms with van der Waals surface area (Å²) in [5.74, 6) is -0.0561. The molecule has 0 radical (unpaired) electrons. The van der Waals surface area contributed by atoms with E-state index in [0.29, 0.717) is 35.2 Å². The molecule has 0 bridgehead atoms. The first kappa shape index (κ1) is 28.6. The number of benzene rings is 1. The van der Waals surface area contributed by atoms with Gasteiger partial charge in [-0.05, 0) is 42.9 Å². The van der Waals surface area contributed by atoms with E-state index in [1.807, 2.05) is 26.0 Å². The number of aromatic nitrogens is 3. The topological polar surface area (TPSA) is 134 Å². The number of aromatic amines is 2. The molecular formula is C30H40ClN5O4. The number of carbonyl (C=O) groups is 2. The Balaban J connectivity index is 1.40. The number of hydrogen-bond acceptors (Lipinski definition) is 5. The third kappa shape index (κ3) is 6.21. The van der Waals surface area contributed by atoms with E-state index < -0.39 is 24.3 Å². The van der Waals surface area contributed by atoms with Crippen molar-refractivity contribution in [1.29, 1.82) is 0 Å². The van der Waals surface area contributed by atoms with Crippen LogP contribution in [0.15, 0.2) is 30.7 Å². The van der Waals surface area contributed by atoms with Crippen molar-refractivity contribution in [1.82, 2.24) is 25.2 Å². The van der Waals surface area contributed by atoms with E-state index in [1.165, 1.54) is 6.42 Å². The van der Waals surface area contributed by atoms with Crippen LogP contribution in [0.1, 0.15) is 80.5 Å². The lowest BCUT2D eigenvalue weighted by Crippen LogP contribution is -2.56. The van der Waals surface area contributed by atoms with Crippen molar-refractivity contribution in [2.45, 2.75) is 96.1 Å².